The molecule has 2 saturated heterocycles. The van der Waals surface area contributed by atoms with Crippen LogP contribution in [0.25, 0.3) is 0 Å². The van der Waals surface area contributed by atoms with E-state index < -0.39 is 17.8 Å². The normalized spacial score (nSPS) is 38.7. The monoisotopic (exact) mass is 458 g/mol. The molecule has 0 N–H and O–H groups in total. The highest BCUT2D eigenvalue weighted by molar-refractivity contribution is 5.73. The molecule has 5 nitrogen and oxygen atoms in total. The second-order valence-electron chi connectivity index (χ2n) is 10.4. The zero-order valence-corrected chi connectivity index (χ0v) is 19.4. The molecular weight excluding hydrogens is 428 g/mol. The van der Waals surface area contributed by atoms with Crippen molar-refractivity contribution in [2.75, 3.05) is 20.3 Å². The fraction of sp³-hybridized carbons (Fsp3) is 0.483. The molecule has 2 heterocycles. The Hall–Kier alpha value is -2.47. The summed E-state index contributed by atoms with van der Waals surface area (Å²) in [4.78, 5) is 13.4. The summed E-state index contributed by atoms with van der Waals surface area (Å²) in [6.07, 6.45) is 5.73. The Bertz CT molecular complexity index is 1110. The highest BCUT2D eigenvalue weighted by Crippen LogP contribution is 2.66. The Morgan fingerprint density at radius 3 is 2.47 bits per heavy atom. The number of fused-ring (bicyclic) bond motifs is 2. The van der Waals surface area contributed by atoms with Crippen molar-refractivity contribution in [2.45, 2.75) is 49.1 Å². The number of methoxy groups -OCH3 is 1. The molecule has 5 heteroatoms. The number of carbonyl (C=O) groups is 1. The van der Waals surface area contributed by atoms with Crippen molar-refractivity contribution in [3.8, 4) is 0 Å². The van der Waals surface area contributed by atoms with Crippen LogP contribution in [0.4, 0.5) is 0 Å². The van der Waals surface area contributed by atoms with Crippen molar-refractivity contribution in [1.82, 2.24) is 0 Å². The maximum absolute atomic E-state index is 13.4. The molecule has 6 atom stereocenters. The van der Waals surface area contributed by atoms with Gasteiger partial charge in [0.25, 0.3) is 0 Å². The molecule has 34 heavy (non-hydrogen) atoms. The molecule has 176 valence electrons. The van der Waals surface area contributed by atoms with Crippen molar-refractivity contribution >= 4 is 5.97 Å². The third-order valence-electron chi connectivity index (χ3n) is 8.93. The highest BCUT2D eigenvalue weighted by atomic mass is 16.7. The maximum atomic E-state index is 13.4. The van der Waals surface area contributed by atoms with E-state index in [-0.39, 0.29) is 35.7 Å². The van der Waals surface area contributed by atoms with Gasteiger partial charge in [-0.25, -0.2) is 0 Å². The molecule has 4 aliphatic carbocycles. The average Bonchev–Trinajstić information content (AvgIpc) is 3.32. The van der Waals surface area contributed by atoms with E-state index in [0.717, 1.165) is 19.3 Å². The van der Waals surface area contributed by atoms with Gasteiger partial charge in [0.05, 0.1) is 30.7 Å². The van der Waals surface area contributed by atoms with Crippen LogP contribution in [0.15, 0.2) is 60.7 Å². The van der Waals surface area contributed by atoms with E-state index in [1.807, 2.05) is 0 Å². The van der Waals surface area contributed by atoms with Gasteiger partial charge in [0.15, 0.2) is 12.4 Å². The first-order valence-electron chi connectivity index (χ1n) is 12.5. The van der Waals surface area contributed by atoms with Crippen molar-refractivity contribution in [2.24, 2.45) is 17.8 Å². The molecule has 4 bridgehead atoms. The molecule has 0 radical (unpaired) electrons. The number of esters is 1. The van der Waals surface area contributed by atoms with Crippen molar-refractivity contribution in [1.29, 1.82) is 0 Å². The molecule has 0 saturated carbocycles. The number of hydrogen-bond acceptors (Lipinski definition) is 5. The lowest BCUT2D eigenvalue weighted by atomic mass is 9.44. The minimum absolute atomic E-state index is 0.0227. The Kier molecular flexibility index (Phi) is 4.77. The molecule has 2 fully saturated rings. The van der Waals surface area contributed by atoms with E-state index in [0.29, 0.717) is 13.2 Å². The maximum Gasteiger partial charge on any atom is 0.309 e. The lowest BCUT2D eigenvalue weighted by Gasteiger charge is -2.61. The predicted octanol–water partition coefficient (Wildman–Crippen LogP) is 4.33. The van der Waals surface area contributed by atoms with Crippen LogP contribution in [0, 0.1) is 17.8 Å². The summed E-state index contributed by atoms with van der Waals surface area (Å²) in [6.45, 7) is 1.06. The van der Waals surface area contributed by atoms with Crippen LogP contribution in [0.3, 0.4) is 0 Å². The molecule has 2 aliphatic heterocycles. The fourth-order valence-electron chi connectivity index (χ4n) is 7.75. The lowest BCUT2D eigenvalue weighted by molar-refractivity contribution is -0.232. The summed E-state index contributed by atoms with van der Waals surface area (Å²) in [5.74, 6) is 0.143. The zero-order valence-electron chi connectivity index (χ0n) is 19.4. The summed E-state index contributed by atoms with van der Waals surface area (Å²) in [5.41, 5.74) is 4.86. The number of rotatable bonds is 4. The molecule has 2 aromatic rings. The van der Waals surface area contributed by atoms with Gasteiger partial charge in [0.1, 0.15) is 0 Å². The van der Waals surface area contributed by atoms with Crippen LogP contribution in [0.1, 0.15) is 47.4 Å². The smallest absolute Gasteiger partial charge is 0.309 e. The molecule has 0 amide bonds. The average molecular weight is 459 g/mol. The fourth-order valence-corrected chi connectivity index (χ4v) is 7.75. The molecule has 0 unspecified atom stereocenters. The Morgan fingerprint density at radius 1 is 1.06 bits per heavy atom. The number of allylic oxidation sites excluding steroid dienone is 2. The number of hydrogen-bond donors (Lipinski definition) is 0. The van der Waals surface area contributed by atoms with E-state index >= 15 is 0 Å². The van der Waals surface area contributed by atoms with Gasteiger partial charge in [-0.1, -0.05) is 60.7 Å². The highest BCUT2D eigenvalue weighted by Gasteiger charge is 2.68. The summed E-state index contributed by atoms with van der Waals surface area (Å²) in [5, 5.41) is 0. The van der Waals surface area contributed by atoms with Crippen molar-refractivity contribution in [3.05, 3.63) is 82.9 Å². The first-order chi connectivity index (χ1) is 16.7. The van der Waals surface area contributed by atoms with Crippen molar-refractivity contribution in [3.63, 3.8) is 0 Å². The van der Waals surface area contributed by atoms with Crippen LogP contribution in [0.5, 0.6) is 0 Å². The number of ether oxygens (including phenoxy) is 4. The summed E-state index contributed by atoms with van der Waals surface area (Å²) in [7, 11) is 1.77. The van der Waals surface area contributed by atoms with Crippen molar-refractivity contribution < 1.29 is 23.7 Å². The van der Waals surface area contributed by atoms with E-state index in [4.69, 9.17) is 18.9 Å². The molecular formula is C29H30O5. The van der Waals surface area contributed by atoms with E-state index in [1.165, 1.54) is 22.3 Å². The third kappa shape index (κ3) is 2.69. The standard InChI is InChI=1S/C29H30O5/c1-31-16-29-20-13-7-5-11-18(20)23(19-12-6-8-14-21(19)29)24-22-15-32-28(33-22)26(25(24)29)34-27(30)17-9-3-2-4-10-17/h2-3,5-8,11-14,17,22-26,28H,4,9-10,15-16H2,1H3/t17-,22+,23?,24-,25+,26-,28+,29?/m0/s1. The minimum Gasteiger partial charge on any atom is -0.456 e. The van der Waals surface area contributed by atoms with Gasteiger partial charge in [-0.15, -0.1) is 0 Å². The van der Waals surface area contributed by atoms with Gasteiger partial charge in [-0.05, 0) is 41.5 Å². The van der Waals surface area contributed by atoms with Crippen LogP contribution in [-0.2, 0) is 29.2 Å². The topological polar surface area (TPSA) is 54.0 Å². The zero-order chi connectivity index (χ0) is 22.9. The van der Waals surface area contributed by atoms with Crippen LogP contribution in [0.2, 0.25) is 0 Å². The SMILES string of the molecule is COCC12c3ccccc3C(c3ccccc31)[C@H]1[C@@H]2[C@H](OC(=O)[C@H]2CC=CCC2)[C@@H]2OC[C@H]1O2. The van der Waals surface area contributed by atoms with E-state index in [2.05, 4.69) is 60.7 Å². The summed E-state index contributed by atoms with van der Waals surface area (Å²) < 4.78 is 25.0. The molecule has 2 aromatic carbocycles. The third-order valence-corrected chi connectivity index (χ3v) is 8.93. The predicted molar refractivity (Wildman–Crippen MR) is 125 cm³/mol. The van der Waals surface area contributed by atoms with Gasteiger partial charge in [-0.3, -0.25) is 4.79 Å². The van der Waals surface area contributed by atoms with E-state index in [9.17, 15) is 4.79 Å². The minimum atomic E-state index is -0.526. The molecule has 0 spiro atoms. The Morgan fingerprint density at radius 2 is 1.79 bits per heavy atom. The van der Waals surface area contributed by atoms with Crippen LogP contribution >= 0.6 is 0 Å². The number of benzene rings is 2. The second-order valence-corrected chi connectivity index (χ2v) is 10.4. The molecule has 8 rings (SSSR count). The van der Waals surface area contributed by atoms with E-state index in [1.54, 1.807) is 7.11 Å². The first kappa shape index (κ1) is 20.9. The molecule has 6 aliphatic rings. The lowest BCUT2D eigenvalue weighted by Crippen LogP contribution is -2.65. The van der Waals surface area contributed by atoms with Crippen LogP contribution in [-0.4, -0.2) is 44.8 Å². The quantitative estimate of drug-likeness (QED) is 0.504. The summed E-state index contributed by atoms with van der Waals surface area (Å²) in [6, 6.07) is 17.5. The van der Waals surface area contributed by atoms with Gasteiger partial charge in [0, 0.05) is 24.9 Å². The molecule has 0 aromatic heterocycles. The van der Waals surface area contributed by atoms with Gasteiger partial charge >= 0.3 is 5.97 Å². The Balaban J connectivity index is 1.41. The van der Waals surface area contributed by atoms with Gasteiger partial charge in [0.2, 0.25) is 0 Å². The van der Waals surface area contributed by atoms with Gasteiger partial charge < -0.3 is 18.9 Å². The second kappa shape index (κ2) is 7.77. The van der Waals surface area contributed by atoms with Crippen LogP contribution < -0.4 is 0 Å². The summed E-state index contributed by atoms with van der Waals surface area (Å²) >= 11 is 0. The Labute approximate surface area is 200 Å². The number of carbonyl (C=O) groups excluding carboxylic acids is 1. The van der Waals surface area contributed by atoms with Gasteiger partial charge in [-0.2, -0.15) is 0 Å². The largest absolute Gasteiger partial charge is 0.456 e. The first-order valence-corrected chi connectivity index (χ1v) is 12.5.